The van der Waals surface area contributed by atoms with Crippen LogP contribution in [0.2, 0.25) is 10.0 Å². The van der Waals surface area contributed by atoms with Gasteiger partial charge in [0.05, 0.1) is 21.2 Å². The molecule has 1 heterocycles. The third kappa shape index (κ3) is 5.31. The predicted octanol–water partition coefficient (Wildman–Crippen LogP) is 6.38. The number of hydrogen-bond acceptors (Lipinski definition) is 6. The summed E-state index contributed by atoms with van der Waals surface area (Å²) in [4.78, 5) is 49.2. The molecule has 38 heavy (non-hydrogen) atoms. The first-order chi connectivity index (χ1) is 17.9. The molecule has 1 saturated heterocycles. The van der Waals surface area contributed by atoms with E-state index < -0.39 is 51.5 Å². The average molecular weight is 566 g/mol. The Morgan fingerprint density at radius 1 is 1.00 bits per heavy atom. The number of carbonyl (C=O) groups is 3. The normalized spacial score (nSPS) is 15.0. The van der Waals surface area contributed by atoms with Crippen LogP contribution in [0.15, 0.2) is 66.2 Å². The number of nitro groups is 1. The third-order valence-electron chi connectivity index (χ3n) is 5.15. The van der Waals surface area contributed by atoms with Crippen molar-refractivity contribution >= 4 is 58.5 Å². The van der Waals surface area contributed by atoms with Gasteiger partial charge in [-0.2, -0.15) is 13.2 Å². The Labute approximate surface area is 221 Å². The van der Waals surface area contributed by atoms with Crippen molar-refractivity contribution in [2.24, 2.45) is 0 Å². The molecule has 3 aromatic rings. The summed E-state index contributed by atoms with van der Waals surface area (Å²) in [6, 6.07) is 10.7. The fourth-order valence-corrected chi connectivity index (χ4v) is 4.00. The summed E-state index contributed by atoms with van der Waals surface area (Å²) in [7, 11) is 0. The lowest BCUT2D eigenvalue weighted by Gasteiger charge is -2.26. The van der Waals surface area contributed by atoms with Gasteiger partial charge in [0.15, 0.2) is 5.75 Å². The van der Waals surface area contributed by atoms with Gasteiger partial charge in [-0.1, -0.05) is 41.4 Å². The second-order valence-corrected chi connectivity index (χ2v) is 8.48. The number of amides is 4. The van der Waals surface area contributed by atoms with Gasteiger partial charge in [0.25, 0.3) is 11.8 Å². The van der Waals surface area contributed by atoms with Gasteiger partial charge >= 0.3 is 17.9 Å². The number of barbiturate groups is 1. The molecule has 1 N–H and O–H groups in total. The van der Waals surface area contributed by atoms with Crippen LogP contribution in [0.3, 0.4) is 0 Å². The number of urea groups is 1. The molecule has 1 fully saturated rings. The molecule has 0 spiro atoms. The van der Waals surface area contributed by atoms with Gasteiger partial charge in [0, 0.05) is 16.7 Å². The number of carbonyl (C=O) groups excluding carboxylic acids is 3. The zero-order valence-corrected chi connectivity index (χ0v) is 20.1. The third-order valence-corrected chi connectivity index (χ3v) is 5.65. The van der Waals surface area contributed by atoms with Crippen LogP contribution in [0.25, 0.3) is 6.08 Å². The molecule has 0 saturated carbocycles. The Kier molecular flexibility index (Phi) is 7.11. The number of hydrogen-bond donors (Lipinski definition) is 1. The van der Waals surface area contributed by atoms with Gasteiger partial charge < -0.3 is 4.74 Å². The van der Waals surface area contributed by atoms with Gasteiger partial charge in [-0.15, -0.1) is 0 Å². The maximum absolute atomic E-state index is 13.1. The molecule has 9 nitrogen and oxygen atoms in total. The molecule has 0 atom stereocenters. The molecule has 1 aliphatic rings. The maximum Gasteiger partial charge on any atom is 0.416 e. The van der Waals surface area contributed by atoms with Crippen molar-refractivity contribution in [1.82, 2.24) is 5.32 Å². The molecule has 194 valence electrons. The molecular weight excluding hydrogens is 554 g/mol. The number of halogens is 5. The fraction of sp³-hybridized carbons (Fsp3) is 0.0417. The van der Waals surface area contributed by atoms with Crippen molar-refractivity contribution in [3.8, 4) is 11.5 Å². The van der Waals surface area contributed by atoms with Crippen LogP contribution >= 0.6 is 23.2 Å². The summed E-state index contributed by atoms with van der Waals surface area (Å²) in [6.45, 7) is 0. The molecule has 0 radical (unpaired) electrons. The number of benzene rings is 3. The number of anilines is 1. The highest BCUT2D eigenvalue weighted by molar-refractivity contribution is 6.40. The van der Waals surface area contributed by atoms with Crippen LogP contribution in [-0.4, -0.2) is 22.8 Å². The number of rotatable bonds is 5. The van der Waals surface area contributed by atoms with Gasteiger partial charge in [-0.05, 0) is 42.5 Å². The van der Waals surface area contributed by atoms with E-state index in [0.29, 0.717) is 17.0 Å². The van der Waals surface area contributed by atoms with Crippen molar-refractivity contribution in [3.05, 3.63) is 97.5 Å². The first-order valence-electron chi connectivity index (χ1n) is 10.4. The quantitative estimate of drug-likeness (QED) is 0.166. The number of nitrogens with one attached hydrogen (secondary N) is 1. The molecule has 0 aromatic heterocycles. The fourth-order valence-electron chi connectivity index (χ4n) is 3.45. The van der Waals surface area contributed by atoms with E-state index in [0.717, 1.165) is 12.1 Å². The number of nitrogens with zero attached hydrogens (tertiary/aromatic N) is 2. The minimum Gasteiger partial charge on any atom is -0.448 e. The van der Waals surface area contributed by atoms with Crippen molar-refractivity contribution in [1.29, 1.82) is 0 Å². The standard InChI is InChI=1S/C24H12Cl2F3N3O6/c25-14-8-12(9-16-21(33)30-23(35)31(22(16)34)15-4-2-1-3-5-15)20(17(26)11-14)38-19-7-6-13(24(27,28)29)10-18(19)32(36)37/h1-11H,(H,30,33,35)/b16-9+. The summed E-state index contributed by atoms with van der Waals surface area (Å²) in [5.41, 5.74) is -2.81. The van der Waals surface area contributed by atoms with E-state index in [2.05, 4.69) is 0 Å². The average Bonchev–Trinajstić information content (AvgIpc) is 2.83. The van der Waals surface area contributed by atoms with Crippen molar-refractivity contribution in [2.75, 3.05) is 4.90 Å². The molecule has 1 aliphatic heterocycles. The Bertz CT molecular complexity index is 1530. The number of ether oxygens (including phenoxy) is 1. The highest BCUT2D eigenvalue weighted by Crippen LogP contribution is 2.42. The first-order valence-corrected chi connectivity index (χ1v) is 11.1. The van der Waals surface area contributed by atoms with Crippen molar-refractivity contribution in [2.45, 2.75) is 6.18 Å². The number of para-hydroxylation sites is 1. The number of nitro benzene ring substituents is 1. The van der Waals surface area contributed by atoms with E-state index in [1.54, 1.807) is 18.2 Å². The van der Waals surface area contributed by atoms with Gasteiger partial charge in [0.2, 0.25) is 5.75 Å². The summed E-state index contributed by atoms with van der Waals surface area (Å²) in [5, 5.41) is 13.3. The lowest BCUT2D eigenvalue weighted by molar-refractivity contribution is -0.385. The van der Waals surface area contributed by atoms with Crippen LogP contribution in [-0.2, 0) is 15.8 Å². The van der Waals surface area contributed by atoms with Gasteiger partial charge in [-0.25, -0.2) is 9.69 Å². The largest absolute Gasteiger partial charge is 0.448 e. The molecule has 3 aromatic carbocycles. The summed E-state index contributed by atoms with van der Waals surface area (Å²) >= 11 is 12.3. The van der Waals surface area contributed by atoms with E-state index in [9.17, 15) is 37.7 Å². The Morgan fingerprint density at radius 2 is 1.68 bits per heavy atom. The van der Waals surface area contributed by atoms with Gasteiger partial charge in [-0.3, -0.25) is 25.0 Å². The molecule has 0 aliphatic carbocycles. The molecule has 0 unspecified atom stereocenters. The van der Waals surface area contributed by atoms with Crippen LogP contribution < -0.4 is 15.0 Å². The van der Waals surface area contributed by atoms with Crippen LogP contribution in [0, 0.1) is 10.1 Å². The maximum atomic E-state index is 13.1. The van der Waals surface area contributed by atoms with Crippen molar-refractivity contribution < 1.29 is 37.2 Å². The lowest BCUT2D eigenvalue weighted by atomic mass is 10.1. The van der Waals surface area contributed by atoms with E-state index in [-0.39, 0.29) is 27.0 Å². The van der Waals surface area contributed by atoms with Crippen LogP contribution in [0.1, 0.15) is 11.1 Å². The van der Waals surface area contributed by atoms with E-state index in [1.165, 1.54) is 24.3 Å². The summed E-state index contributed by atoms with van der Waals surface area (Å²) in [6.07, 6.45) is -3.86. The molecular formula is C24H12Cl2F3N3O6. The summed E-state index contributed by atoms with van der Waals surface area (Å²) < 4.78 is 44.8. The Morgan fingerprint density at radius 3 is 2.32 bits per heavy atom. The number of imide groups is 2. The van der Waals surface area contributed by atoms with Gasteiger partial charge in [0.1, 0.15) is 5.57 Å². The highest BCUT2D eigenvalue weighted by atomic mass is 35.5. The van der Waals surface area contributed by atoms with E-state index in [4.69, 9.17) is 27.9 Å². The Hall–Kier alpha value is -4.42. The molecule has 4 amide bonds. The lowest BCUT2D eigenvalue weighted by Crippen LogP contribution is -2.54. The molecule has 4 rings (SSSR count). The van der Waals surface area contributed by atoms with E-state index in [1.807, 2.05) is 5.32 Å². The zero-order chi connectivity index (χ0) is 27.8. The second kappa shape index (κ2) is 10.1. The highest BCUT2D eigenvalue weighted by Gasteiger charge is 2.37. The van der Waals surface area contributed by atoms with E-state index >= 15 is 0 Å². The smallest absolute Gasteiger partial charge is 0.416 e. The van der Waals surface area contributed by atoms with Crippen LogP contribution in [0.4, 0.5) is 29.3 Å². The van der Waals surface area contributed by atoms with Crippen molar-refractivity contribution in [3.63, 3.8) is 0 Å². The Balaban J connectivity index is 1.81. The molecule has 0 bridgehead atoms. The SMILES string of the molecule is O=C1NC(=O)N(c2ccccc2)C(=O)/C1=C/c1cc(Cl)cc(Cl)c1Oc1ccc(C(F)(F)F)cc1[N+](=O)[O-]. The minimum atomic E-state index is -4.85. The second-order valence-electron chi connectivity index (χ2n) is 7.64. The minimum absolute atomic E-state index is 0.00998. The predicted molar refractivity (Wildman–Crippen MR) is 130 cm³/mol. The van der Waals surface area contributed by atoms with Crippen LogP contribution in [0.5, 0.6) is 11.5 Å². The molecule has 14 heteroatoms. The topological polar surface area (TPSA) is 119 Å². The number of alkyl halides is 3. The first kappa shape index (κ1) is 26.6. The summed E-state index contributed by atoms with van der Waals surface area (Å²) in [5.74, 6) is -3.02. The monoisotopic (exact) mass is 565 g/mol. The zero-order valence-electron chi connectivity index (χ0n) is 18.6.